The fourth-order valence-electron chi connectivity index (χ4n) is 3.27. The second-order valence-electron chi connectivity index (χ2n) is 6.39. The molecular formula is C18H23N3O4. The Bertz CT molecular complexity index is 665. The lowest BCUT2D eigenvalue weighted by Gasteiger charge is -2.35. The number of imide groups is 1. The molecule has 0 N–H and O–H groups in total. The molecule has 2 fully saturated rings. The van der Waals surface area contributed by atoms with Crippen molar-refractivity contribution in [2.45, 2.75) is 19.4 Å². The van der Waals surface area contributed by atoms with E-state index in [1.54, 1.807) is 31.2 Å². The van der Waals surface area contributed by atoms with E-state index in [1.807, 2.05) is 0 Å². The number of likely N-dealkylation sites (N-methyl/N-ethyl adjacent to an activating group) is 1. The normalized spacial score (nSPS) is 22.5. The van der Waals surface area contributed by atoms with E-state index in [1.165, 1.54) is 4.90 Å². The summed E-state index contributed by atoms with van der Waals surface area (Å²) in [6.07, 6.45) is 0.210. The maximum atomic E-state index is 12.8. The van der Waals surface area contributed by atoms with E-state index in [9.17, 15) is 14.4 Å². The highest BCUT2D eigenvalue weighted by Gasteiger charge is 2.43. The van der Waals surface area contributed by atoms with E-state index in [-0.39, 0.29) is 24.3 Å². The summed E-state index contributed by atoms with van der Waals surface area (Å²) in [5.74, 6) is -0.792. The van der Waals surface area contributed by atoms with Crippen molar-refractivity contribution in [1.82, 2.24) is 9.80 Å². The van der Waals surface area contributed by atoms with Gasteiger partial charge in [0.05, 0.1) is 30.3 Å². The topological polar surface area (TPSA) is 70.2 Å². The van der Waals surface area contributed by atoms with Crippen LogP contribution in [-0.2, 0) is 14.3 Å². The van der Waals surface area contributed by atoms with E-state index in [2.05, 4.69) is 16.8 Å². The number of ether oxygens (including phenoxy) is 1. The summed E-state index contributed by atoms with van der Waals surface area (Å²) < 4.78 is 4.94. The van der Waals surface area contributed by atoms with Gasteiger partial charge in [-0.25, -0.2) is 9.69 Å². The van der Waals surface area contributed by atoms with Crippen LogP contribution in [0.15, 0.2) is 24.3 Å². The van der Waals surface area contributed by atoms with Crippen LogP contribution in [0.2, 0.25) is 0 Å². The van der Waals surface area contributed by atoms with Crippen LogP contribution in [0.5, 0.6) is 0 Å². The summed E-state index contributed by atoms with van der Waals surface area (Å²) in [5.41, 5.74) is 0.903. The third-order valence-electron chi connectivity index (χ3n) is 4.74. The molecule has 0 aromatic heterocycles. The van der Waals surface area contributed by atoms with Gasteiger partial charge in [0.2, 0.25) is 5.91 Å². The first kappa shape index (κ1) is 17.6. The van der Waals surface area contributed by atoms with Gasteiger partial charge in [-0.3, -0.25) is 14.5 Å². The van der Waals surface area contributed by atoms with Crippen LogP contribution in [-0.4, -0.2) is 73.5 Å². The first-order chi connectivity index (χ1) is 12.0. The molecule has 25 heavy (non-hydrogen) atoms. The molecule has 7 nitrogen and oxygen atoms in total. The van der Waals surface area contributed by atoms with E-state index in [4.69, 9.17) is 4.74 Å². The largest absolute Gasteiger partial charge is 0.462 e. The van der Waals surface area contributed by atoms with Gasteiger partial charge in [-0.15, -0.1) is 0 Å². The van der Waals surface area contributed by atoms with Crippen LogP contribution in [0, 0.1) is 0 Å². The van der Waals surface area contributed by atoms with E-state index in [0.29, 0.717) is 17.9 Å². The number of hydrogen-bond acceptors (Lipinski definition) is 6. The molecule has 2 saturated heterocycles. The van der Waals surface area contributed by atoms with Gasteiger partial charge in [0.15, 0.2) is 0 Å². The fourth-order valence-corrected chi connectivity index (χ4v) is 3.27. The first-order valence-corrected chi connectivity index (χ1v) is 8.58. The Morgan fingerprint density at radius 2 is 1.76 bits per heavy atom. The molecule has 1 aromatic rings. The number of piperazine rings is 1. The maximum Gasteiger partial charge on any atom is 0.338 e. The summed E-state index contributed by atoms with van der Waals surface area (Å²) >= 11 is 0. The summed E-state index contributed by atoms with van der Waals surface area (Å²) in [4.78, 5) is 42.4. The van der Waals surface area contributed by atoms with Crippen molar-refractivity contribution in [3.63, 3.8) is 0 Å². The number of esters is 1. The number of nitrogens with zero attached hydrogens (tertiary/aromatic N) is 3. The van der Waals surface area contributed by atoms with Gasteiger partial charge >= 0.3 is 5.97 Å². The lowest BCUT2D eigenvalue weighted by molar-refractivity contribution is -0.123. The molecule has 1 unspecified atom stereocenters. The summed E-state index contributed by atoms with van der Waals surface area (Å²) in [6.45, 7) is 5.41. The molecule has 0 saturated carbocycles. The molecule has 7 heteroatoms. The molecule has 0 spiro atoms. The Hall–Kier alpha value is -2.25. The van der Waals surface area contributed by atoms with E-state index < -0.39 is 5.97 Å². The Balaban J connectivity index is 1.73. The highest BCUT2D eigenvalue weighted by atomic mass is 16.5. The zero-order chi connectivity index (χ0) is 18.0. The number of hydrogen-bond donors (Lipinski definition) is 0. The summed E-state index contributed by atoms with van der Waals surface area (Å²) in [7, 11) is 2.05. The van der Waals surface area contributed by atoms with E-state index >= 15 is 0 Å². The van der Waals surface area contributed by atoms with Crippen LogP contribution in [0.25, 0.3) is 0 Å². The average molecular weight is 345 g/mol. The second kappa shape index (κ2) is 7.33. The third-order valence-corrected chi connectivity index (χ3v) is 4.74. The summed E-state index contributed by atoms with van der Waals surface area (Å²) in [6, 6.07) is 6.02. The highest BCUT2D eigenvalue weighted by molar-refractivity contribution is 6.22. The quantitative estimate of drug-likeness (QED) is 0.592. The predicted octanol–water partition coefficient (Wildman–Crippen LogP) is 0.743. The Morgan fingerprint density at radius 3 is 2.36 bits per heavy atom. The SMILES string of the molecule is CCOC(=O)c1ccc(N2C(=O)CC(N3CCN(C)CC3)C2=O)cc1. The van der Waals surface area contributed by atoms with Gasteiger partial charge in [-0.2, -0.15) is 0 Å². The molecule has 3 rings (SSSR count). The molecule has 134 valence electrons. The second-order valence-corrected chi connectivity index (χ2v) is 6.39. The Labute approximate surface area is 147 Å². The Morgan fingerprint density at radius 1 is 1.12 bits per heavy atom. The average Bonchev–Trinajstić information content (AvgIpc) is 2.90. The smallest absolute Gasteiger partial charge is 0.338 e. The maximum absolute atomic E-state index is 12.8. The Kier molecular flexibility index (Phi) is 5.15. The van der Waals surface area contributed by atoms with Crippen molar-refractivity contribution in [2.75, 3.05) is 44.7 Å². The molecule has 1 atom stereocenters. The molecule has 2 heterocycles. The standard InChI is InChI=1S/C18H23N3O4/c1-3-25-18(24)13-4-6-14(7-5-13)21-16(22)12-15(17(21)23)20-10-8-19(2)9-11-20/h4-7,15H,3,8-12H2,1-2H3. The van der Waals surface area contributed by atoms with Gasteiger partial charge < -0.3 is 9.64 Å². The number of rotatable bonds is 4. The molecule has 2 aliphatic heterocycles. The van der Waals surface area contributed by atoms with E-state index in [0.717, 1.165) is 26.2 Å². The summed E-state index contributed by atoms with van der Waals surface area (Å²) in [5, 5.41) is 0. The van der Waals surface area contributed by atoms with Gasteiger partial charge in [0.25, 0.3) is 5.91 Å². The van der Waals surface area contributed by atoms with Crippen LogP contribution in [0.3, 0.4) is 0 Å². The van der Waals surface area contributed by atoms with Crippen LogP contribution in [0.4, 0.5) is 5.69 Å². The van der Waals surface area contributed by atoms with Crippen molar-refractivity contribution in [2.24, 2.45) is 0 Å². The van der Waals surface area contributed by atoms with Crippen LogP contribution in [0.1, 0.15) is 23.7 Å². The molecular weight excluding hydrogens is 322 g/mol. The molecule has 1 aromatic carbocycles. The minimum absolute atomic E-state index is 0.182. The van der Waals surface area contributed by atoms with Gasteiger partial charge in [0.1, 0.15) is 0 Å². The van der Waals surface area contributed by atoms with Crippen molar-refractivity contribution in [3.05, 3.63) is 29.8 Å². The van der Waals surface area contributed by atoms with Crippen LogP contribution >= 0.6 is 0 Å². The van der Waals surface area contributed by atoms with Gasteiger partial charge in [0, 0.05) is 26.2 Å². The van der Waals surface area contributed by atoms with Crippen LogP contribution < -0.4 is 4.90 Å². The predicted molar refractivity (Wildman–Crippen MR) is 92.4 cm³/mol. The number of amides is 2. The molecule has 0 radical (unpaired) electrons. The van der Waals surface area contributed by atoms with Gasteiger partial charge in [-0.1, -0.05) is 0 Å². The molecule has 2 aliphatic rings. The number of benzene rings is 1. The zero-order valence-corrected chi connectivity index (χ0v) is 14.6. The third kappa shape index (κ3) is 3.57. The van der Waals surface area contributed by atoms with Crippen molar-refractivity contribution < 1.29 is 19.1 Å². The molecule has 0 aliphatic carbocycles. The monoisotopic (exact) mass is 345 g/mol. The lowest BCUT2D eigenvalue weighted by atomic mass is 10.1. The highest BCUT2D eigenvalue weighted by Crippen LogP contribution is 2.26. The van der Waals surface area contributed by atoms with Crippen molar-refractivity contribution >= 4 is 23.5 Å². The number of carbonyl (C=O) groups excluding carboxylic acids is 3. The van der Waals surface area contributed by atoms with Crippen molar-refractivity contribution in [1.29, 1.82) is 0 Å². The van der Waals surface area contributed by atoms with Gasteiger partial charge in [-0.05, 0) is 38.2 Å². The molecule has 2 amide bonds. The minimum atomic E-state index is -0.413. The molecule has 0 bridgehead atoms. The van der Waals surface area contributed by atoms with Crippen molar-refractivity contribution in [3.8, 4) is 0 Å². The first-order valence-electron chi connectivity index (χ1n) is 8.58. The number of anilines is 1. The number of carbonyl (C=O) groups is 3. The zero-order valence-electron chi connectivity index (χ0n) is 14.6. The minimum Gasteiger partial charge on any atom is -0.462 e. The fraction of sp³-hybridized carbons (Fsp3) is 0.500. The lowest BCUT2D eigenvalue weighted by Crippen LogP contribution is -2.51.